The zero-order valence-corrected chi connectivity index (χ0v) is 34.1. The van der Waals surface area contributed by atoms with Crippen LogP contribution in [0.3, 0.4) is 0 Å². The second-order valence-corrected chi connectivity index (χ2v) is 16.8. The zero-order valence-electron chi connectivity index (χ0n) is 33.2. The maximum absolute atomic E-state index is 2.39. The molecule has 0 unspecified atom stereocenters. The molecule has 0 amide bonds. The Morgan fingerprint density at radius 1 is 0.311 bits per heavy atom. The lowest BCUT2D eigenvalue weighted by atomic mass is 9.98. The molecule has 3 heteroatoms. The largest absolute Gasteiger partial charge is 0.311 e. The molecule has 0 bridgehead atoms. The minimum absolute atomic E-state index is 1.10. The number of rotatable bonds is 7. The lowest BCUT2D eigenvalue weighted by Gasteiger charge is -2.26. The van der Waals surface area contributed by atoms with E-state index in [1.807, 2.05) is 11.3 Å². The summed E-state index contributed by atoms with van der Waals surface area (Å²) in [5.41, 5.74) is 14.1. The second kappa shape index (κ2) is 14.5. The molecular formula is C58H38N2S. The quantitative estimate of drug-likeness (QED) is 0.156. The summed E-state index contributed by atoms with van der Waals surface area (Å²) in [5.74, 6) is 0. The predicted molar refractivity (Wildman–Crippen MR) is 262 cm³/mol. The Labute approximate surface area is 358 Å². The molecule has 10 aromatic carbocycles. The van der Waals surface area contributed by atoms with Crippen LogP contribution in [0.2, 0.25) is 0 Å². The fourth-order valence-corrected chi connectivity index (χ4v) is 10.3. The summed E-state index contributed by atoms with van der Waals surface area (Å²) in [7, 11) is 0. The van der Waals surface area contributed by atoms with Crippen molar-refractivity contribution < 1.29 is 0 Å². The van der Waals surface area contributed by atoms with Gasteiger partial charge in [-0.1, -0.05) is 152 Å². The highest BCUT2D eigenvalue weighted by atomic mass is 32.1. The maximum atomic E-state index is 2.39. The monoisotopic (exact) mass is 794 g/mol. The molecule has 61 heavy (non-hydrogen) atoms. The molecule has 2 aromatic heterocycles. The summed E-state index contributed by atoms with van der Waals surface area (Å²) >= 11 is 1.86. The lowest BCUT2D eigenvalue weighted by Crippen LogP contribution is -2.09. The number of benzene rings is 10. The molecule has 0 aliphatic heterocycles. The van der Waals surface area contributed by atoms with Crippen molar-refractivity contribution in [2.75, 3.05) is 4.90 Å². The molecule has 0 aliphatic carbocycles. The minimum atomic E-state index is 1.10. The molecule has 0 spiro atoms. The highest BCUT2D eigenvalue weighted by Crippen LogP contribution is 2.41. The number of anilines is 3. The Kier molecular flexibility index (Phi) is 8.39. The molecule has 0 fully saturated rings. The second-order valence-electron chi connectivity index (χ2n) is 15.7. The first-order chi connectivity index (χ1) is 30.2. The third-order valence-electron chi connectivity index (χ3n) is 12.2. The third-order valence-corrected chi connectivity index (χ3v) is 13.4. The number of thiophene rings is 1. The van der Waals surface area contributed by atoms with Gasteiger partial charge >= 0.3 is 0 Å². The summed E-state index contributed by atoms with van der Waals surface area (Å²) in [5, 5.41) is 7.66. The van der Waals surface area contributed by atoms with E-state index in [9.17, 15) is 0 Å². The van der Waals surface area contributed by atoms with Crippen molar-refractivity contribution in [2.24, 2.45) is 0 Å². The van der Waals surface area contributed by atoms with Gasteiger partial charge in [0.2, 0.25) is 0 Å². The average Bonchev–Trinajstić information content (AvgIpc) is 3.87. The zero-order chi connectivity index (χ0) is 40.3. The van der Waals surface area contributed by atoms with Gasteiger partial charge in [0.1, 0.15) is 0 Å². The maximum Gasteiger partial charge on any atom is 0.0547 e. The van der Waals surface area contributed by atoms with E-state index in [4.69, 9.17) is 0 Å². The van der Waals surface area contributed by atoms with Gasteiger partial charge in [-0.25, -0.2) is 0 Å². The van der Waals surface area contributed by atoms with Crippen LogP contribution in [0, 0.1) is 0 Å². The molecule has 286 valence electrons. The van der Waals surface area contributed by atoms with Crippen molar-refractivity contribution in [3.05, 3.63) is 231 Å². The third kappa shape index (κ3) is 6.09. The van der Waals surface area contributed by atoms with E-state index in [0.717, 1.165) is 22.7 Å². The van der Waals surface area contributed by atoms with Crippen molar-refractivity contribution in [1.82, 2.24) is 4.57 Å². The van der Waals surface area contributed by atoms with Crippen LogP contribution >= 0.6 is 11.3 Å². The minimum Gasteiger partial charge on any atom is -0.311 e. The first-order valence-electron chi connectivity index (χ1n) is 20.8. The summed E-state index contributed by atoms with van der Waals surface area (Å²) < 4.78 is 5.03. The fourth-order valence-electron chi connectivity index (χ4n) is 9.23. The van der Waals surface area contributed by atoms with Gasteiger partial charge in [0.15, 0.2) is 0 Å². The first-order valence-corrected chi connectivity index (χ1v) is 21.6. The van der Waals surface area contributed by atoms with Gasteiger partial charge in [0.25, 0.3) is 0 Å². The molecule has 2 heterocycles. The van der Waals surface area contributed by atoms with Crippen LogP contribution < -0.4 is 4.90 Å². The Morgan fingerprint density at radius 3 is 1.57 bits per heavy atom. The topological polar surface area (TPSA) is 8.17 Å². The van der Waals surface area contributed by atoms with Crippen molar-refractivity contribution in [3.8, 4) is 39.1 Å². The Hall–Kier alpha value is -7.72. The molecule has 0 aliphatic rings. The molecule has 0 saturated heterocycles. The van der Waals surface area contributed by atoms with E-state index in [2.05, 4.69) is 240 Å². The van der Waals surface area contributed by atoms with Crippen molar-refractivity contribution in [1.29, 1.82) is 0 Å². The molecule has 2 nitrogen and oxygen atoms in total. The van der Waals surface area contributed by atoms with Crippen molar-refractivity contribution >= 4 is 81.1 Å². The molecule has 0 atom stereocenters. The van der Waals surface area contributed by atoms with E-state index >= 15 is 0 Å². The Bertz CT molecular complexity index is 3560. The van der Waals surface area contributed by atoms with Crippen molar-refractivity contribution in [3.63, 3.8) is 0 Å². The number of aromatic nitrogens is 1. The number of nitrogens with zero attached hydrogens (tertiary/aromatic N) is 2. The Morgan fingerprint density at radius 2 is 0.836 bits per heavy atom. The van der Waals surface area contributed by atoms with Gasteiger partial charge in [0.05, 0.1) is 11.0 Å². The number of fused-ring (bicyclic) bond motifs is 7. The van der Waals surface area contributed by atoms with Gasteiger partial charge in [-0.2, -0.15) is 0 Å². The van der Waals surface area contributed by atoms with Gasteiger partial charge < -0.3 is 9.47 Å². The molecule has 12 rings (SSSR count). The van der Waals surface area contributed by atoms with E-state index in [0.29, 0.717) is 0 Å². The molecule has 0 radical (unpaired) electrons. The summed E-state index contributed by atoms with van der Waals surface area (Å²) in [6.07, 6.45) is 0. The van der Waals surface area contributed by atoms with Gasteiger partial charge in [-0.05, 0) is 123 Å². The number of hydrogen-bond acceptors (Lipinski definition) is 2. The summed E-state index contributed by atoms with van der Waals surface area (Å²) in [6, 6.07) is 84.1. The smallest absolute Gasteiger partial charge is 0.0547 e. The number of para-hydroxylation sites is 2. The standard InChI is InChI=1S/C58H38N2S/c1-2-13-45(14-3-1)60-55-19-8-6-16-51(55)52-35-27-44(38-56(52)60)40-23-31-47(32-24-40)59(48-33-25-42(26-34-48)50-18-10-12-41-11-4-5-15-49(41)50)46-29-21-39(22-30-46)43-28-36-58-54(37-43)53-17-7-9-20-57(53)61-58/h1-38H. The van der Waals surface area contributed by atoms with Gasteiger partial charge in [-0.15, -0.1) is 11.3 Å². The van der Waals surface area contributed by atoms with Gasteiger partial charge in [-0.3, -0.25) is 0 Å². The van der Waals surface area contributed by atoms with E-state index in [1.165, 1.54) is 86.1 Å². The Balaban J connectivity index is 0.938. The highest BCUT2D eigenvalue weighted by Gasteiger charge is 2.17. The SMILES string of the molecule is c1ccc(-n2c3ccccc3c3ccc(-c4ccc(N(c5ccc(-c6ccc7sc8ccccc8c7c6)cc5)c5ccc(-c6cccc7ccccc67)cc5)cc4)cc32)cc1. The van der Waals surface area contributed by atoms with Crippen LogP contribution in [0.25, 0.3) is 91.8 Å². The number of hydrogen-bond donors (Lipinski definition) is 0. The summed E-state index contributed by atoms with van der Waals surface area (Å²) in [6.45, 7) is 0. The van der Waals surface area contributed by atoms with Crippen LogP contribution in [0.1, 0.15) is 0 Å². The van der Waals surface area contributed by atoms with Crippen LogP contribution in [-0.4, -0.2) is 4.57 Å². The van der Waals surface area contributed by atoms with Crippen LogP contribution in [0.4, 0.5) is 17.1 Å². The van der Waals surface area contributed by atoms with Crippen LogP contribution in [0.15, 0.2) is 231 Å². The predicted octanol–water partition coefficient (Wildman–Crippen LogP) is 16.8. The summed E-state index contributed by atoms with van der Waals surface area (Å²) in [4.78, 5) is 2.37. The van der Waals surface area contributed by atoms with Crippen LogP contribution in [-0.2, 0) is 0 Å². The normalized spacial score (nSPS) is 11.6. The molecule has 12 aromatic rings. The van der Waals surface area contributed by atoms with E-state index in [-0.39, 0.29) is 0 Å². The van der Waals surface area contributed by atoms with Crippen molar-refractivity contribution in [2.45, 2.75) is 0 Å². The first kappa shape index (κ1) is 35.2. The lowest BCUT2D eigenvalue weighted by molar-refractivity contribution is 1.18. The van der Waals surface area contributed by atoms with Crippen LogP contribution in [0.5, 0.6) is 0 Å². The molecular weight excluding hydrogens is 757 g/mol. The average molecular weight is 795 g/mol. The van der Waals surface area contributed by atoms with E-state index in [1.54, 1.807) is 0 Å². The van der Waals surface area contributed by atoms with E-state index < -0.39 is 0 Å². The molecule has 0 N–H and O–H groups in total. The molecule has 0 saturated carbocycles. The highest BCUT2D eigenvalue weighted by molar-refractivity contribution is 7.25. The van der Waals surface area contributed by atoms with Gasteiger partial charge in [0, 0.05) is 53.7 Å². The fraction of sp³-hybridized carbons (Fsp3) is 0.